The SMILES string of the molecule is CCCNC(CN1CCOCC1)c1cc(C)ccc1C. The quantitative estimate of drug-likeness (QED) is 0.864. The molecule has 0 amide bonds. The third-order valence-electron chi connectivity index (χ3n) is 4.00. The van der Waals surface area contributed by atoms with Gasteiger partial charge in [-0.3, -0.25) is 4.90 Å². The molecule has 0 bridgehead atoms. The Bertz CT molecular complexity index is 413. The average molecular weight is 276 g/mol. The van der Waals surface area contributed by atoms with Crippen LogP contribution >= 0.6 is 0 Å². The lowest BCUT2D eigenvalue weighted by atomic mass is 9.98. The first-order valence-electron chi connectivity index (χ1n) is 7.81. The molecule has 3 heteroatoms. The first-order chi connectivity index (χ1) is 9.70. The number of morpholine rings is 1. The minimum Gasteiger partial charge on any atom is -0.379 e. The number of benzene rings is 1. The second-order valence-corrected chi connectivity index (χ2v) is 5.78. The molecular weight excluding hydrogens is 248 g/mol. The summed E-state index contributed by atoms with van der Waals surface area (Å²) in [6.07, 6.45) is 1.17. The summed E-state index contributed by atoms with van der Waals surface area (Å²) in [6, 6.07) is 7.20. The van der Waals surface area contributed by atoms with Crippen LogP contribution in [0.2, 0.25) is 0 Å². The van der Waals surface area contributed by atoms with E-state index in [-0.39, 0.29) is 0 Å². The summed E-state index contributed by atoms with van der Waals surface area (Å²) < 4.78 is 5.45. The maximum atomic E-state index is 5.45. The van der Waals surface area contributed by atoms with Crippen molar-refractivity contribution in [3.63, 3.8) is 0 Å². The van der Waals surface area contributed by atoms with Gasteiger partial charge in [0, 0.05) is 25.7 Å². The van der Waals surface area contributed by atoms with Crippen LogP contribution in [0.4, 0.5) is 0 Å². The van der Waals surface area contributed by atoms with E-state index >= 15 is 0 Å². The van der Waals surface area contributed by atoms with E-state index in [1.165, 1.54) is 23.1 Å². The smallest absolute Gasteiger partial charge is 0.0594 e. The molecule has 1 aromatic rings. The average Bonchev–Trinajstić information content (AvgIpc) is 2.47. The summed E-state index contributed by atoms with van der Waals surface area (Å²) in [4.78, 5) is 2.51. The molecule has 1 atom stereocenters. The van der Waals surface area contributed by atoms with Crippen molar-refractivity contribution in [2.45, 2.75) is 33.2 Å². The third-order valence-corrected chi connectivity index (χ3v) is 4.00. The van der Waals surface area contributed by atoms with Gasteiger partial charge in [-0.05, 0) is 37.9 Å². The summed E-state index contributed by atoms with van der Waals surface area (Å²) in [5, 5.41) is 3.72. The van der Waals surface area contributed by atoms with Crippen LogP contribution in [0.1, 0.15) is 36.1 Å². The molecule has 0 radical (unpaired) electrons. The van der Waals surface area contributed by atoms with Gasteiger partial charge in [0.25, 0.3) is 0 Å². The minimum absolute atomic E-state index is 0.424. The maximum absolute atomic E-state index is 5.45. The van der Waals surface area contributed by atoms with Gasteiger partial charge >= 0.3 is 0 Å². The van der Waals surface area contributed by atoms with Crippen LogP contribution in [-0.4, -0.2) is 44.3 Å². The van der Waals surface area contributed by atoms with Gasteiger partial charge < -0.3 is 10.1 Å². The van der Waals surface area contributed by atoms with Gasteiger partial charge in [0.05, 0.1) is 13.2 Å². The lowest BCUT2D eigenvalue weighted by Gasteiger charge is -2.32. The van der Waals surface area contributed by atoms with Crippen molar-refractivity contribution < 1.29 is 4.74 Å². The molecule has 1 fully saturated rings. The molecule has 1 aliphatic heterocycles. The maximum Gasteiger partial charge on any atom is 0.0594 e. The van der Waals surface area contributed by atoms with Crippen molar-refractivity contribution in [1.29, 1.82) is 0 Å². The van der Waals surface area contributed by atoms with Crippen molar-refractivity contribution in [3.05, 3.63) is 34.9 Å². The monoisotopic (exact) mass is 276 g/mol. The van der Waals surface area contributed by atoms with Crippen LogP contribution in [-0.2, 0) is 4.74 Å². The fraction of sp³-hybridized carbons (Fsp3) is 0.647. The topological polar surface area (TPSA) is 24.5 Å². The highest BCUT2D eigenvalue weighted by molar-refractivity contribution is 5.33. The normalized spacial score (nSPS) is 18.1. The van der Waals surface area contributed by atoms with E-state index in [2.05, 4.69) is 49.2 Å². The van der Waals surface area contributed by atoms with Crippen molar-refractivity contribution in [2.75, 3.05) is 39.4 Å². The first-order valence-corrected chi connectivity index (χ1v) is 7.81. The molecule has 1 saturated heterocycles. The Kier molecular flexibility index (Phi) is 6.02. The van der Waals surface area contributed by atoms with Crippen LogP contribution in [0.25, 0.3) is 0 Å². The molecule has 112 valence electrons. The highest BCUT2D eigenvalue weighted by Crippen LogP contribution is 2.21. The molecule has 0 saturated carbocycles. The summed E-state index contributed by atoms with van der Waals surface area (Å²) >= 11 is 0. The second-order valence-electron chi connectivity index (χ2n) is 5.78. The van der Waals surface area contributed by atoms with Crippen LogP contribution in [0.3, 0.4) is 0 Å². The van der Waals surface area contributed by atoms with E-state index in [1.807, 2.05) is 0 Å². The fourth-order valence-corrected chi connectivity index (χ4v) is 2.77. The lowest BCUT2D eigenvalue weighted by molar-refractivity contribution is 0.0334. The van der Waals surface area contributed by atoms with E-state index in [1.54, 1.807) is 0 Å². The largest absolute Gasteiger partial charge is 0.379 e. The van der Waals surface area contributed by atoms with E-state index < -0.39 is 0 Å². The zero-order valence-electron chi connectivity index (χ0n) is 13.1. The molecule has 20 heavy (non-hydrogen) atoms. The molecule has 0 aromatic heterocycles. The first kappa shape index (κ1) is 15.5. The van der Waals surface area contributed by atoms with Gasteiger partial charge in [0.2, 0.25) is 0 Å². The van der Waals surface area contributed by atoms with Crippen molar-refractivity contribution in [3.8, 4) is 0 Å². The Morgan fingerprint density at radius 3 is 2.70 bits per heavy atom. The Morgan fingerprint density at radius 1 is 1.25 bits per heavy atom. The molecular formula is C17H28N2O. The van der Waals surface area contributed by atoms with Crippen LogP contribution in [0, 0.1) is 13.8 Å². The highest BCUT2D eigenvalue weighted by atomic mass is 16.5. The highest BCUT2D eigenvalue weighted by Gasteiger charge is 2.19. The van der Waals surface area contributed by atoms with Gasteiger partial charge in [0.1, 0.15) is 0 Å². The molecule has 1 unspecified atom stereocenters. The zero-order valence-corrected chi connectivity index (χ0v) is 13.1. The van der Waals surface area contributed by atoms with E-state index in [0.29, 0.717) is 6.04 Å². The second kappa shape index (κ2) is 7.77. The van der Waals surface area contributed by atoms with Gasteiger partial charge in [-0.25, -0.2) is 0 Å². The Hall–Kier alpha value is -0.900. The molecule has 3 nitrogen and oxygen atoms in total. The van der Waals surface area contributed by atoms with Gasteiger partial charge in [0.15, 0.2) is 0 Å². The van der Waals surface area contributed by atoms with Gasteiger partial charge in [-0.1, -0.05) is 30.7 Å². The van der Waals surface area contributed by atoms with E-state index in [4.69, 9.17) is 4.74 Å². The third kappa shape index (κ3) is 4.30. The molecule has 1 aromatic carbocycles. The zero-order chi connectivity index (χ0) is 14.4. The van der Waals surface area contributed by atoms with Crippen molar-refractivity contribution in [2.24, 2.45) is 0 Å². The summed E-state index contributed by atoms with van der Waals surface area (Å²) in [6.45, 7) is 12.6. The predicted octanol–water partition coefficient (Wildman–Crippen LogP) is 2.68. The number of rotatable bonds is 6. The summed E-state index contributed by atoms with van der Waals surface area (Å²) in [7, 11) is 0. The lowest BCUT2D eigenvalue weighted by Crippen LogP contribution is -2.42. The molecule has 1 aliphatic rings. The number of nitrogens with zero attached hydrogens (tertiary/aromatic N) is 1. The predicted molar refractivity (Wildman–Crippen MR) is 84.2 cm³/mol. The standard InChI is InChI=1S/C17H28N2O/c1-4-7-18-17(13-19-8-10-20-11-9-19)16-12-14(2)5-6-15(16)3/h5-6,12,17-18H,4,7-11,13H2,1-3H3. The number of aryl methyl sites for hydroxylation is 2. The van der Waals surface area contributed by atoms with Crippen LogP contribution in [0.5, 0.6) is 0 Å². The Balaban J connectivity index is 2.10. The number of hydrogen-bond acceptors (Lipinski definition) is 3. The van der Waals surface area contributed by atoms with E-state index in [0.717, 1.165) is 39.4 Å². The number of ether oxygens (including phenoxy) is 1. The number of hydrogen-bond donors (Lipinski definition) is 1. The molecule has 2 rings (SSSR count). The summed E-state index contributed by atoms with van der Waals surface area (Å²) in [5.74, 6) is 0. The Morgan fingerprint density at radius 2 is 2.00 bits per heavy atom. The minimum atomic E-state index is 0.424. The molecule has 1 heterocycles. The molecule has 0 spiro atoms. The van der Waals surface area contributed by atoms with Crippen LogP contribution < -0.4 is 5.32 Å². The fourth-order valence-electron chi connectivity index (χ4n) is 2.77. The van der Waals surface area contributed by atoms with Crippen molar-refractivity contribution >= 4 is 0 Å². The Labute approximate surface area is 123 Å². The van der Waals surface area contributed by atoms with E-state index in [9.17, 15) is 0 Å². The van der Waals surface area contributed by atoms with Gasteiger partial charge in [-0.15, -0.1) is 0 Å². The van der Waals surface area contributed by atoms with Gasteiger partial charge in [-0.2, -0.15) is 0 Å². The number of nitrogens with one attached hydrogen (secondary N) is 1. The molecule has 1 N–H and O–H groups in total. The van der Waals surface area contributed by atoms with Crippen molar-refractivity contribution in [1.82, 2.24) is 10.2 Å². The van der Waals surface area contributed by atoms with Crippen LogP contribution in [0.15, 0.2) is 18.2 Å². The summed E-state index contributed by atoms with van der Waals surface area (Å²) in [5.41, 5.74) is 4.18. The molecule has 0 aliphatic carbocycles.